The smallest absolute Gasteiger partial charge is 0.462 e. The van der Waals surface area contributed by atoms with Crippen molar-refractivity contribution in [1.29, 1.82) is 0 Å². The van der Waals surface area contributed by atoms with Crippen molar-refractivity contribution in [3.63, 3.8) is 0 Å². The fraction of sp³-hybridized carbons (Fsp3) is 0.400. The maximum Gasteiger partial charge on any atom is 0.481 e. The highest BCUT2D eigenvalue weighted by molar-refractivity contribution is 7.52. The number of carbonyl (C=O) groups excluding carboxylic acids is 3. The fourth-order valence-corrected chi connectivity index (χ4v) is 3.19. The summed E-state index contributed by atoms with van der Waals surface area (Å²) in [4.78, 5) is 35.0. The molecule has 0 bridgehead atoms. The van der Waals surface area contributed by atoms with Crippen molar-refractivity contribution >= 4 is 25.5 Å². The molecule has 0 aromatic heterocycles. The Bertz CT molecular complexity index is 676. The van der Waals surface area contributed by atoms with Crippen LogP contribution in [0.25, 0.3) is 0 Å². The predicted molar refractivity (Wildman–Crippen MR) is 86.1 cm³/mol. The third-order valence-corrected chi connectivity index (χ3v) is 4.32. The van der Waals surface area contributed by atoms with E-state index < -0.39 is 32.1 Å². The molecule has 10 heteroatoms. The monoisotopic (exact) mass is 370 g/mol. The van der Waals surface area contributed by atoms with Gasteiger partial charge >= 0.3 is 13.7 Å². The predicted octanol–water partition coefficient (Wildman–Crippen LogP) is 1.80. The van der Waals surface area contributed by atoms with Crippen LogP contribution in [0, 0.1) is 0 Å². The van der Waals surface area contributed by atoms with Gasteiger partial charge in [0.2, 0.25) is 0 Å². The lowest BCUT2D eigenvalue weighted by Crippen LogP contribution is -2.34. The number of para-hydroxylation sites is 1. The largest absolute Gasteiger partial charge is 0.481 e. The van der Waals surface area contributed by atoms with Gasteiger partial charge in [0, 0.05) is 12.8 Å². The Balaban J connectivity index is 2.12. The lowest BCUT2D eigenvalue weighted by molar-refractivity contribution is -0.166. The van der Waals surface area contributed by atoms with E-state index in [1.54, 1.807) is 32.0 Å². The van der Waals surface area contributed by atoms with Crippen molar-refractivity contribution in [2.75, 3.05) is 6.54 Å². The van der Waals surface area contributed by atoms with Gasteiger partial charge in [0.15, 0.2) is 0 Å². The molecule has 1 N–H and O–H groups in total. The second-order valence-corrected chi connectivity index (χ2v) is 7.10. The third kappa shape index (κ3) is 5.67. The van der Waals surface area contributed by atoms with Crippen LogP contribution >= 0.6 is 7.75 Å². The zero-order valence-corrected chi connectivity index (χ0v) is 14.7. The minimum Gasteiger partial charge on any atom is -0.462 e. The van der Waals surface area contributed by atoms with E-state index in [4.69, 9.17) is 13.9 Å². The SMILES string of the molecule is CC(C)OC(=O)CNP(=O)(Oc1ccccc1)ON1C(=O)CCC1=O. The van der Waals surface area contributed by atoms with Crippen molar-refractivity contribution in [3.8, 4) is 5.75 Å². The first-order chi connectivity index (χ1) is 11.8. The zero-order valence-electron chi connectivity index (χ0n) is 13.8. The van der Waals surface area contributed by atoms with Crippen molar-refractivity contribution in [3.05, 3.63) is 30.3 Å². The molecule has 2 rings (SSSR count). The average Bonchev–Trinajstić information content (AvgIpc) is 2.85. The first-order valence-electron chi connectivity index (χ1n) is 7.64. The summed E-state index contributed by atoms with van der Waals surface area (Å²) in [5.41, 5.74) is 0. The minimum absolute atomic E-state index is 0.0421. The molecular formula is C15H19N2O7P. The van der Waals surface area contributed by atoms with Crippen LogP contribution in [0.4, 0.5) is 0 Å². The molecule has 2 amide bonds. The van der Waals surface area contributed by atoms with E-state index in [1.807, 2.05) is 0 Å². The van der Waals surface area contributed by atoms with Gasteiger partial charge in [-0.25, -0.2) is 4.57 Å². The normalized spacial score (nSPS) is 16.8. The van der Waals surface area contributed by atoms with E-state index in [1.165, 1.54) is 12.1 Å². The van der Waals surface area contributed by atoms with Crippen LogP contribution in [0.15, 0.2) is 30.3 Å². The number of imide groups is 1. The number of amides is 2. The molecule has 9 nitrogen and oxygen atoms in total. The molecule has 0 saturated carbocycles. The average molecular weight is 370 g/mol. The molecule has 1 saturated heterocycles. The number of hydrogen-bond donors (Lipinski definition) is 1. The first-order valence-corrected chi connectivity index (χ1v) is 9.18. The zero-order chi connectivity index (χ0) is 18.4. The highest BCUT2D eigenvalue weighted by Gasteiger charge is 2.39. The van der Waals surface area contributed by atoms with E-state index in [0.717, 1.165) is 0 Å². The van der Waals surface area contributed by atoms with E-state index in [-0.39, 0.29) is 24.7 Å². The Kier molecular flexibility index (Phi) is 6.30. The molecule has 1 fully saturated rings. The first kappa shape index (κ1) is 19.1. The van der Waals surface area contributed by atoms with Gasteiger partial charge < -0.3 is 9.26 Å². The lowest BCUT2D eigenvalue weighted by Gasteiger charge is -2.22. The van der Waals surface area contributed by atoms with Crippen LogP contribution < -0.4 is 9.61 Å². The fourth-order valence-electron chi connectivity index (χ4n) is 1.92. The van der Waals surface area contributed by atoms with Gasteiger partial charge in [0.1, 0.15) is 12.3 Å². The number of hydroxylamine groups is 2. The van der Waals surface area contributed by atoms with E-state index in [0.29, 0.717) is 5.06 Å². The molecule has 0 aliphatic carbocycles. The molecule has 1 aromatic rings. The standard InChI is InChI=1S/C15H19N2O7P/c1-11(2)22-15(20)10-16-25(21,23-12-6-4-3-5-7-12)24-17-13(18)8-9-14(17)19/h3-7,11H,8-10H2,1-2H3,(H,16,21). The van der Waals surface area contributed by atoms with Crippen molar-refractivity contribution in [2.24, 2.45) is 0 Å². The third-order valence-electron chi connectivity index (χ3n) is 2.95. The Morgan fingerprint density at radius 1 is 1.20 bits per heavy atom. The van der Waals surface area contributed by atoms with E-state index >= 15 is 0 Å². The van der Waals surface area contributed by atoms with Crippen molar-refractivity contribution in [2.45, 2.75) is 32.8 Å². The second kappa shape index (κ2) is 8.24. The Morgan fingerprint density at radius 2 is 1.80 bits per heavy atom. The van der Waals surface area contributed by atoms with Gasteiger partial charge in [-0.15, -0.1) is 5.06 Å². The summed E-state index contributed by atoms with van der Waals surface area (Å²) in [5.74, 6) is -1.77. The number of nitrogens with one attached hydrogen (secondary N) is 1. The quantitative estimate of drug-likeness (QED) is 0.419. The number of benzene rings is 1. The maximum absolute atomic E-state index is 12.9. The minimum atomic E-state index is -4.23. The summed E-state index contributed by atoms with van der Waals surface area (Å²) in [5, 5.41) is 2.72. The summed E-state index contributed by atoms with van der Waals surface area (Å²) in [6.07, 6.45) is -0.439. The molecule has 0 spiro atoms. The topological polar surface area (TPSA) is 111 Å². The Morgan fingerprint density at radius 3 is 2.36 bits per heavy atom. The van der Waals surface area contributed by atoms with Gasteiger partial charge in [-0.2, -0.15) is 9.71 Å². The van der Waals surface area contributed by atoms with Crippen LogP contribution in [-0.2, 0) is 28.3 Å². The molecule has 1 aliphatic rings. The van der Waals surface area contributed by atoms with Crippen LogP contribution in [0.1, 0.15) is 26.7 Å². The number of carbonyl (C=O) groups is 3. The summed E-state index contributed by atoms with van der Waals surface area (Å²) >= 11 is 0. The Hall–Kier alpha value is -2.22. The number of esters is 1. The molecule has 136 valence electrons. The molecule has 0 radical (unpaired) electrons. The van der Waals surface area contributed by atoms with E-state index in [2.05, 4.69) is 5.09 Å². The molecule has 1 aromatic carbocycles. The second-order valence-electron chi connectivity index (χ2n) is 5.44. The van der Waals surface area contributed by atoms with Crippen LogP contribution in [-0.4, -0.2) is 35.5 Å². The van der Waals surface area contributed by atoms with Crippen molar-refractivity contribution in [1.82, 2.24) is 10.2 Å². The summed E-state index contributed by atoms with van der Waals surface area (Å²) in [7, 11) is -4.23. The molecule has 1 atom stereocenters. The summed E-state index contributed by atoms with van der Waals surface area (Å²) < 4.78 is 28.2. The van der Waals surface area contributed by atoms with E-state index in [9.17, 15) is 18.9 Å². The molecule has 1 aliphatic heterocycles. The highest BCUT2D eigenvalue weighted by Crippen LogP contribution is 2.45. The number of hydrogen-bond acceptors (Lipinski definition) is 7. The van der Waals surface area contributed by atoms with Crippen LogP contribution in [0.5, 0.6) is 5.75 Å². The highest BCUT2D eigenvalue weighted by atomic mass is 31.2. The van der Waals surface area contributed by atoms with Crippen molar-refractivity contribution < 1.29 is 32.8 Å². The van der Waals surface area contributed by atoms with Gasteiger partial charge in [-0.3, -0.25) is 14.4 Å². The Labute approximate surface area is 144 Å². The number of rotatable bonds is 8. The lowest BCUT2D eigenvalue weighted by atomic mass is 10.3. The van der Waals surface area contributed by atoms with Gasteiger partial charge in [-0.05, 0) is 26.0 Å². The molecule has 1 unspecified atom stereocenters. The summed E-state index contributed by atoms with van der Waals surface area (Å²) in [6.45, 7) is 2.84. The van der Waals surface area contributed by atoms with Crippen LogP contribution in [0.3, 0.4) is 0 Å². The molecular weight excluding hydrogens is 351 g/mol. The molecule has 1 heterocycles. The number of ether oxygens (including phenoxy) is 1. The number of nitrogens with zero attached hydrogens (tertiary/aromatic N) is 1. The van der Waals surface area contributed by atoms with Gasteiger partial charge in [0.25, 0.3) is 11.8 Å². The van der Waals surface area contributed by atoms with Gasteiger partial charge in [-0.1, -0.05) is 18.2 Å². The molecule has 25 heavy (non-hydrogen) atoms. The van der Waals surface area contributed by atoms with Crippen LogP contribution in [0.2, 0.25) is 0 Å². The van der Waals surface area contributed by atoms with Gasteiger partial charge in [0.05, 0.1) is 6.10 Å². The maximum atomic E-state index is 12.9. The summed E-state index contributed by atoms with van der Waals surface area (Å²) in [6, 6.07) is 8.02.